The topological polar surface area (TPSA) is 12.4 Å². The lowest BCUT2D eigenvalue weighted by molar-refractivity contribution is 0.566. The van der Waals surface area contributed by atoms with E-state index in [0.717, 1.165) is 5.71 Å². The molecule has 0 unspecified atom stereocenters. The zero-order valence-electron chi connectivity index (χ0n) is 12.6. The van der Waals surface area contributed by atoms with Gasteiger partial charge in [-0.2, -0.15) is 0 Å². The largest absolute Gasteiger partial charge is 0.282 e. The third-order valence-electron chi connectivity index (χ3n) is 3.46. The molecule has 0 radical (unpaired) electrons. The monoisotopic (exact) mass is 245 g/mol. The van der Waals surface area contributed by atoms with Gasteiger partial charge in [-0.25, -0.2) is 0 Å². The van der Waals surface area contributed by atoms with Crippen LogP contribution in [-0.2, 0) is 0 Å². The Morgan fingerprint density at radius 2 is 2.00 bits per heavy atom. The fourth-order valence-corrected chi connectivity index (χ4v) is 2.26. The number of aliphatic imine (C=N–C) groups is 1. The highest BCUT2D eigenvalue weighted by Crippen LogP contribution is 2.50. The van der Waals surface area contributed by atoms with Crippen molar-refractivity contribution in [2.24, 2.45) is 10.4 Å². The Hall–Kier alpha value is -1.11. The van der Waals surface area contributed by atoms with Crippen molar-refractivity contribution in [3.8, 4) is 0 Å². The van der Waals surface area contributed by atoms with E-state index in [0.29, 0.717) is 11.5 Å². The van der Waals surface area contributed by atoms with E-state index in [1.165, 1.54) is 30.4 Å². The Kier molecular flexibility index (Phi) is 5.13. The van der Waals surface area contributed by atoms with Crippen molar-refractivity contribution < 1.29 is 0 Å². The van der Waals surface area contributed by atoms with Crippen LogP contribution in [0.1, 0.15) is 53.9 Å². The zero-order valence-corrected chi connectivity index (χ0v) is 12.6. The third-order valence-corrected chi connectivity index (χ3v) is 3.46. The van der Waals surface area contributed by atoms with Gasteiger partial charge < -0.3 is 0 Å². The van der Waals surface area contributed by atoms with E-state index in [2.05, 4.69) is 46.4 Å². The van der Waals surface area contributed by atoms with Gasteiger partial charge in [-0.1, -0.05) is 31.2 Å². The number of hydrogen-bond donors (Lipinski definition) is 0. The van der Waals surface area contributed by atoms with E-state index < -0.39 is 0 Å². The molecular weight excluding hydrogens is 218 g/mol. The lowest BCUT2D eigenvalue weighted by atomic mass is 9.93. The van der Waals surface area contributed by atoms with E-state index in [1.54, 1.807) is 0 Å². The number of allylic oxidation sites excluding steroid dienone is 5. The Balaban J connectivity index is 3.03. The molecule has 1 saturated carbocycles. The van der Waals surface area contributed by atoms with Gasteiger partial charge in [-0.3, -0.25) is 4.99 Å². The van der Waals surface area contributed by atoms with E-state index in [1.807, 2.05) is 13.0 Å². The van der Waals surface area contributed by atoms with Crippen molar-refractivity contribution in [3.05, 3.63) is 36.0 Å². The first-order valence-electron chi connectivity index (χ1n) is 6.95. The average molecular weight is 245 g/mol. The first-order chi connectivity index (χ1) is 8.41. The lowest BCUT2D eigenvalue weighted by Crippen LogP contribution is -2.06. The van der Waals surface area contributed by atoms with Crippen LogP contribution in [0, 0.1) is 5.41 Å². The summed E-state index contributed by atoms with van der Waals surface area (Å²) in [6.07, 6.45) is 9.99. The van der Waals surface area contributed by atoms with Crippen molar-refractivity contribution in [1.29, 1.82) is 0 Å². The summed E-state index contributed by atoms with van der Waals surface area (Å²) < 4.78 is 0. The maximum absolute atomic E-state index is 4.71. The summed E-state index contributed by atoms with van der Waals surface area (Å²) in [6.45, 7) is 14.8. The molecule has 100 valence electrons. The van der Waals surface area contributed by atoms with Crippen LogP contribution in [-0.4, -0.2) is 11.8 Å². The highest BCUT2D eigenvalue weighted by atomic mass is 14.8. The summed E-state index contributed by atoms with van der Waals surface area (Å²) in [5, 5.41) is 0. The Bertz CT molecular complexity index is 390. The summed E-state index contributed by atoms with van der Waals surface area (Å²) in [6, 6.07) is 0.315. The molecule has 0 aromatic carbocycles. The van der Waals surface area contributed by atoms with Gasteiger partial charge in [0.2, 0.25) is 0 Å². The number of nitrogens with zero attached hydrogens (tertiary/aromatic N) is 1. The van der Waals surface area contributed by atoms with Gasteiger partial charge in [-0.15, -0.1) is 0 Å². The molecule has 1 aliphatic rings. The molecule has 18 heavy (non-hydrogen) atoms. The van der Waals surface area contributed by atoms with Gasteiger partial charge in [-0.05, 0) is 64.0 Å². The average Bonchev–Trinajstić information content (AvgIpc) is 2.96. The Morgan fingerprint density at radius 1 is 1.39 bits per heavy atom. The third kappa shape index (κ3) is 4.29. The standard InChI is InChI=1S/C17H27N/c1-7-9-16(18-13(3)4)15(8-2)14(5)12-17(6)10-11-17/h7-9,13H,2,10-12H2,1,3-6H3/b9-7-,15-14-,18-16?. The summed E-state index contributed by atoms with van der Waals surface area (Å²) in [5.74, 6) is 0. The minimum atomic E-state index is 0.315. The molecule has 0 amide bonds. The molecule has 0 atom stereocenters. The first-order valence-corrected chi connectivity index (χ1v) is 6.95. The van der Waals surface area contributed by atoms with Crippen molar-refractivity contribution in [2.45, 2.75) is 59.9 Å². The second kappa shape index (κ2) is 6.17. The summed E-state index contributed by atoms with van der Waals surface area (Å²) in [7, 11) is 0. The second-order valence-corrected chi connectivity index (χ2v) is 5.99. The van der Waals surface area contributed by atoms with Crippen LogP contribution < -0.4 is 0 Å². The number of hydrogen-bond acceptors (Lipinski definition) is 1. The molecule has 0 N–H and O–H groups in total. The maximum atomic E-state index is 4.71. The molecule has 0 saturated heterocycles. The van der Waals surface area contributed by atoms with Crippen molar-refractivity contribution in [2.75, 3.05) is 0 Å². The molecule has 0 aliphatic heterocycles. The van der Waals surface area contributed by atoms with Crippen molar-refractivity contribution in [1.82, 2.24) is 0 Å². The summed E-state index contributed by atoms with van der Waals surface area (Å²) in [5.41, 5.74) is 4.25. The molecule has 1 aliphatic carbocycles. The smallest absolute Gasteiger partial charge is 0.0645 e. The quantitative estimate of drug-likeness (QED) is 0.456. The van der Waals surface area contributed by atoms with Crippen molar-refractivity contribution in [3.63, 3.8) is 0 Å². The van der Waals surface area contributed by atoms with Crippen LogP contribution in [0.2, 0.25) is 0 Å². The van der Waals surface area contributed by atoms with Gasteiger partial charge in [0.15, 0.2) is 0 Å². The maximum Gasteiger partial charge on any atom is 0.0645 e. The molecule has 0 aromatic rings. The van der Waals surface area contributed by atoms with Crippen LogP contribution in [0.15, 0.2) is 40.9 Å². The van der Waals surface area contributed by atoms with Gasteiger partial charge in [0.1, 0.15) is 0 Å². The van der Waals surface area contributed by atoms with Crippen LogP contribution >= 0.6 is 0 Å². The van der Waals surface area contributed by atoms with E-state index in [4.69, 9.17) is 4.99 Å². The zero-order chi connectivity index (χ0) is 13.8. The van der Waals surface area contributed by atoms with E-state index in [-0.39, 0.29) is 0 Å². The molecule has 0 heterocycles. The van der Waals surface area contributed by atoms with Crippen LogP contribution in [0.5, 0.6) is 0 Å². The van der Waals surface area contributed by atoms with E-state index >= 15 is 0 Å². The van der Waals surface area contributed by atoms with E-state index in [9.17, 15) is 0 Å². The summed E-state index contributed by atoms with van der Waals surface area (Å²) >= 11 is 0. The SMILES string of the molecule is C=C/C(C(/C=C\C)=NC(C)C)=C(\C)CC1(C)CC1. The van der Waals surface area contributed by atoms with Crippen molar-refractivity contribution >= 4 is 5.71 Å². The van der Waals surface area contributed by atoms with Gasteiger partial charge in [0.25, 0.3) is 0 Å². The van der Waals surface area contributed by atoms with Crippen LogP contribution in [0.4, 0.5) is 0 Å². The van der Waals surface area contributed by atoms with Crippen LogP contribution in [0.25, 0.3) is 0 Å². The molecule has 0 spiro atoms. The minimum absolute atomic E-state index is 0.315. The Labute approximate surface area is 112 Å². The van der Waals surface area contributed by atoms with Gasteiger partial charge >= 0.3 is 0 Å². The second-order valence-electron chi connectivity index (χ2n) is 5.99. The summed E-state index contributed by atoms with van der Waals surface area (Å²) in [4.78, 5) is 4.71. The van der Waals surface area contributed by atoms with Gasteiger partial charge in [0.05, 0.1) is 5.71 Å². The fourth-order valence-electron chi connectivity index (χ4n) is 2.26. The van der Waals surface area contributed by atoms with Crippen LogP contribution in [0.3, 0.4) is 0 Å². The molecule has 0 bridgehead atoms. The number of rotatable bonds is 6. The molecular formula is C17H27N. The lowest BCUT2D eigenvalue weighted by Gasteiger charge is -2.14. The molecule has 0 aromatic heterocycles. The molecule has 1 nitrogen and oxygen atoms in total. The van der Waals surface area contributed by atoms with Gasteiger partial charge in [0, 0.05) is 6.04 Å². The molecule has 1 fully saturated rings. The minimum Gasteiger partial charge on any atom is -0.282 e. The highest BCUT2D eigenvalue weighted by Gasteiger charge is 2.37. The predicted octanol–water partition coefficient (Wildman–Crippen LogP) is 5.10. The molecule has 1 heteroatoms. The Morgan fingerprint density at radius 3 is 2.39 bits per heavy atom. The predicted molar refractivity (Wildman–Crippen MR) is 82.2 cm³/mol. The molecule has 1 rings (SSSR count). The fraction of sp³-hybridized carbons (Fsp3) is 0.588. The first kappa shape index (κ1) is 14.9. The highest BCUT2D eigenvalue weighted by molar-refractivity contribution is 6.10. The normalized spacial score (nSPS) is 20.2.